The lowest BCUT2D eigenvalue weighted by molar-refractivity contribution is -0.116. The SMILES string of the molecule is CC(N)CCC(=O)Nc1ccc(C(=O)NC2CCOCC2)cc1. The van der Waals surface area contributed by atoms with E-state index in [1.165, 1.54) is 0 Å². The highest BCUT2D eigenvalue weighted by atomic mass is 16.5. The first-order chi connectivity index (χ1) is 11.0. The second kappa shape index (κ2) is 8.64. The molecule has 1 aliphatic rings. The van der Waals surface area contributed by atoms with Gasteiger partial charge in [-0.3, -0.25) is 9.59 Å². The van der Waals surface area contributed by atoms with E-state index in [4.69, 9.17) is 10.5 Å². The minimum Gasteiger partial charge on any atom is -0.381 e. The van der Waals surface area contributed by atoms with Crippen molar-refractivity contribution < 1.29 is 14.3 Å². The second-order valence-corrected chi connectivity index (χ2v) is 6.00. The number of rotatable bonds is 6. The molecule has 0 bridgehead atoms. The van der Waals surface area contributed by atoms with Crippen molar-refractivity contribution >= 4 is 17.5 Å². The van der Waals surface area contributed by atoms with Crippen LogP contribution in [0.25, 0.3) is 0 Å². The number of carbonyl (C=O) groups excluding carboxylic acids is 2. The minimum absolute atomic E-state index is 0.0111. The van der Waals surface area contributed by atoms with Crippen LogP contribution in [0.5, 0.6) is 0 Å². The predicted octanol–water partition coefficient (Wildman–Crippen LogP) is 1.66. The van der Waals surface area contributed by atoms with Crippen LogP contribution in [0.3, 0.4) is 0 Å². The van der Waals surface area contributed by atoms with Crippen molar-refractivity contribution in [3.63, 3.8) is 0 Å². The molecule has 1 heterocycles. The van der Waals surface area contributed by atoms with Crippen molar-refractivity contribution in [1.82, 2.24) is 5.32 Å². The van der Waals surface area contributed by atoms with E-state index in [0.717, 1.165) is 12.8 Å². The predicted molar refractivity (Wildman–Crippen MR) is 89.3 cm³/mol. The van der Waals surface area contributed by atoms with Gasteiger partial charge in [0.25, 0.3) is 5.91 Å². The summed E-state index contributed by atoms with van der Waals surface area (Å²) in [5.41, 5.74) is 6.90. The van der Waals surface area contributed by atoms with Crippen LogP contribution in [0, 0.1) is 0 Å². The van der Waals surface area contributed by atoms with Crippen LogP contribution in [0.4, 0.5) is 5.69 Å². The fourth-order valence-electron chi connectivity index (χ4n) is 2.40. The summed E-state index contributed by atoms with van der Waals surface area (Å²) in [7, 11) is 0. The van der Waals surface area contributed by atoms with Crippen LogP contribution >= 0.6 is 0 Å². The Labute approximate surface area is 136 Å². The molecule has 0 aromatic heterocycles. The maximum atomic E-state index is 12.2. The van der Waals surface area contributed by atoms with E-state index in [0.29, 0.717) is 37.3 Å². The number of hydrogen-bond donors (Lipinski definition) is 3. The van der Waals surface area contributed by atoms with Gasteiger partial charge in [-0.15, -0.1) is 0 Å². The molecule has 4 N–H and O–H groups in total. The third kappa shape index (κ3) is 6.00. The van der Waals surface area contributed by atoms with Gasteiger partial charge in [-0.25, -0.2) is 0 Å². The summed E-state index contributed by atoms with van der Waals surface area (Å²) >= 11 is 0. The molecule has 1 unspecified atom stereocenters. The summed E-state index contributed by atoms with van der Waals surface area (Å²) in [4.78, 5) is 23.9. The molecular formula is C17H25N3O3. The summed E-state index contributed by atoms with van der Waals surface area (Å²) in [6.45, 7) is 3.26. The van der Waals surface area contributed by atoms with Gasteiger partial charge in [-0.05, 0) is 50.5 Å². The average Bonchev–Trinajstić information content (AvgIpc) is 2.54. The standard InChI is InChI=1S/C17H25N3O3/c1-12(18)2-7-16(21)19-14-5-3-13(4-6-14)17(22)20-15-8-10-23-11-9-15/h3-6,12,15H,2,7-11,18H2,1H3,(H,19,21)(H,20,22). The van der Waals surface area contributed by atoms with Crippen LogP contribution in [0.15, 0.2) is 24.3 Å². The van der Waals surface area contributed by atoms with Gasteiger partial charge in [-0.2, -0.15) is 0 Å². The van der Waals surface area contributed by atoms with Gasteiger partial charge < -0.3 is 21.1 Å². The van der Waals surface area contributed by atoms with Crippen molar-refractivity contribution in [2.75, 3.05) is 18.5 Å². The molecule has 1 aliphatic heterocycles. The summed E-state index contributed by atoms with van der Waals surface area (Å²) in [6.07, 6.45) is 2.74. The number of amides is 2. The van der Waals surface area contributed by atoms with Gasteiger partial charge in [0.1, 0.15) is 0 Å². The summed E-state index contributed by atoms with van der Waals surface area (Å²) in [5.74, 6) is -0.159. The van der Waals surface area contributed by atoms with Crippen LogP contribution < -0.4 is 16.4 Å². The average molecular weight is 319 g/mol. The zero-order valence-corrected chi connectivity index (χ0v) is 13.5. The van der Waals surface area contributed by atoms with E-state index < -0.39 is 0 Å². The van der Waals surface area contributed by atoms with Crippen molar-refractivity contribution in [1.29, 1.82) is 0 Å². The third-order valence-electron chi connectivity index (χ3n) is 3.81. The molecule has 6 nitrogen and oxygen atoms in total. The zero-order valence-electron chi connectivity index (χ0n) is 13.5. The monoisotopic (exact) mass is 319 g/mol. The molecule has 23 heavy (non-hydrogen) atoms. The Morgan fingerprint density at radius 1 is 1.26 bits per heavy atom. The van der Waals surface area contributed by atoms with Crippen LogP contribution in [0.1, 0.15) is 43.0 Å². The maximum absolute atomic E-state index is 12.2. The minimum atomic E-state index is -0.0910. The highest BCUT2D eigenvalue weighted by molar-refractivity contribution is 5.96. The number of carbonyl (C=O) groups is 2. The lowest BCUT2D eigenvalue weighted by Gasteiger charge is -2.23. The Bertz CT molecular complexity index is 522. The topological polar surface area (TPSA) is 93.5 Å². The Kier molecular flexibility index (Phi) is 6.55. The van der Waals surface area contributed by atoms with Gasteiger partial charge >= 0.3 is 0 Å². The highest BCUT2D eigenvalue weighted by Crippen LogP contribution is 2.12. The molecule has 0 aliphatic carbocycles. The number of nitrogens with one attached hydrogen (secondary N) is 2. The van der Waals surface area contributed by atoms with Gasteiger partial charge in [0, 0.05) is 43.0 Å². The normalized spacial score (nSPS) is 16.6. The Morgan fingerprint density at radius 2 is 1.91 bits per heavy atom. The fraction of sp³-hybridized carbons (Fsp3) is 0.529. The van der Waals surface area contributed by atoms with Gasteiger partial charge in [-0.1, -0.05) is 0 Å². The quantitative estimate of drug-likeness (QED) is 0.743. The first kappa shape index (κ1) is 17.4. The van der Waals surface area contributed by atoms with E-state index in [2.05, 4.69) is 10.6 Å². The Morgan fingerprint density at radius 3 is 2.52 bits per heavy atom. The zero-order chi connectivity index (χ0) is 16.7. The van der Waals surface area contributed by atoms with E-state index in [1.807, 2.05) is 6.92 Å². The first-order valence-electron chi connectivity index (χ1n) is 8.08. The van der Waals surface area contributed by atoms with Crippen LogP contribution in [-0.4, -0.2) is 37.1 Å². The summed E-state index contributed by atoms with van der Waals surface area (Å²) in [6, 6.07) is 7.10. The lowest BCUT2D eigenvalue weighted by Crippen LogP contribution is -2.38. The highest BCUT2D eigenvalue weighted by Gasteiger charge is 2.17. The van der Waals surface area contributed by atoms with Crippen molar-refractivity contribution in [3.8, 4) is 0 Å². The van der Waals surface area contributed by atoms with Crippen LogP contribution in [0.2, 0.25) is 0 Å². The van der Waals surface area contributed by atoms with Gasteiger partial charge in [0.05, 0.1) is 0 Å². The molecule has 2 amide bonds. The van der Waals surface area contributed by atoms with Gasteiger partial charge in [0.2, 0.25) is 5.91 Å². The summed E-state index contributed by atoms with van der Waals surface area (Å²) in [5, 5.41) is 5.81. The van der Waals surface area contributed by atoms with Gasteiger partial charge in [0.15, 0.2) is 0 Å². The molecule has 1 fully saturated rings. The molecule has 1 saturated heterocycles. The molecule has 0 spiro atoms. The smallest absolute Gasteiger partial charge is 0.251 e. The first-order valence-corrected chi connectivity index (χ1v) is 8.08. The summed E-state index contributed by atoms with van der Waals surface area (Å²) < 4.78 is 5.27. The molecule has 0 saturated carbocycles. The van der Waals surface area contributed by atoms with E-state index in [-0.39, 0.29) is 23.9 Å². The maximum Gasteiger partial charge on any atom is 0.251 e. The Hall–Kier alpha value is -1.92. The molecule has 126 valence electrons. The number of nitrogens with two attached hydrogens (primary N) is 1. The fourth-order valence-corrected chi connectivity index (χ4v) is 2.40. The van der Waals surface area contributed by atoms with E-state index >= 15 is 0 Å². The number of anilines is 1. The molecule has 2 rings (SSSR count). The van der Waals surface area contributed by atoms with Crippen LogP contribution in [-0.2, 0) is 9.53 Å². The van der Waals surface area contributed by atoms with Crippen molar-refractivity contribution in [3.05, 3.63) is 29.8 Å². The molecule has 1 aromatic rings. The van der Waals surface area contributed by atoms with Crippen molar-refractivity contribution in [2.24, 2.45) is 5.73 Å². The third-order valence-corrected chi connectivity index (χ3v) is 3.81. The van der Waals surface area contributed by atoms with E-state index in [9.17, 15) is 9.59 Å². The molecule has 0 radical (unpaired) electrons. The number of benzene rings is 1. The second-order valence-electron chi connectivity index (χ2n) is 6.00. The largest absolute Gasteiger partial charge is 0.381 e. The Balaban J connectivity index is 1.83. The number of ether oxygens (including phenoxy) is 1. The van der Waals surface area contributed by atoms with Crippen molar-refractivity contribution in [2.45, 2.75) is 44.7 Å². The van der Waals surface area contributed by atoms with E-state index in [1.54, 1.807) is 24.3 Å². The lowest BCUT2D eigenvalue weighted by atomic mass is 10.1. The molecular weight excluding hydrogens is 294 g/mol. The number of hydrogen-bond acceptors (Lipinski definition) is 4. The molecule has 1 aromatic carbocycles. The molecule has 1 atom stereocenters. The molecule has 6 heteroatoms.